The second kappa shape index (κ2) is 9.39. The van der Waals surface area contributed by atoms with Crippen molar-refractivity contribution in [3.63, 3.8) is 0 Å². The van der Waals surface area contributed by atoms with Crippen LogP contribution in [0, 0.1) is 6.92 Å². The number of ether oxygens (including phenoxy) is 1. The summed E-state index contributed by atoms with van der Waals surface area (Å²) in [6.07, 6.45) is 6.74. The van der Waals surface area contributed by atoms with E-state index in [0.29, 0.717) is 6.61 Å². The molecule has 1 heterocycles. The maximum absolute atomic E-state index is 6.23. The van der Waals surface area contributed by atoms with Gasteiger partial charge in [0.05, 0.1) is 6.33 Å². The van der Waals surface area contributed by atoms with Crippen LogP contribution >= 0.6 is 0 Å². The minimum absolute atomic E-state index is 0.576. The van der Waals surface area contributed by atoms with Gasteiger partial charge in [0.15, 0.2) is 0 Å². The molecule has 148 valence electrons. The molecular formula is C25H27N3O. The van der Waals surface area contributed by atoms with E-state index in [4.69, 9.17) is 4.74 Å². The topological polar surface area (TPSA) is 39.1 Å². The fraction of sp³-hybridized carbons (Fsp3) is 0.240. The van der Waals surface area contributed by atoms with Crippen molar-refractivity contribution in [2.45, 2.75) is 33.0 Å². The summed E-state index contributed by atoms with van der Waals surface area (Å²) >= 11 is 0. The van der Waals surface area contributed by atoms with Gasteiger partial charge >= 0.3 is 0 Å². The second-order valence-corrected chi connectivity index (χ2v) is 7.37. The third kappa shape index (κ3) is 5.04. The first-order chi connectivity index (χ1) is 14.3. The van der Waals surface area contributed by atoms with Crippen LogP contribution in [0.3, 0.4) is 0 Å². The summed E-state index contributed by atoms with van der Waals surface area (Å²) in [6, 6.07) is 21.3. The van der Waals surface area contributed by atoms with Crippen LogP contribution < -0.4 is 10.1 Å². The summed E-state index contributed by atoms with van der Waals surface area (Å²) < 4.78 is 8.34. The third-order valence-corrected chi connectivity index (χ3v) is 5.14. The number of fused-ring (bicyclic) bond motifs is 1. The molecule has 0 spiro atoms. The van der Waals surface area contributed by atoms with E-state index in [-0.39, 0.29) is 0 Å². The number of nitrogens with one attached hydrogen (secondary N) is 1. The van der Waals surface area contributed by atoms with Gasteiger partial charge in [-0.1, -0.05) is 60.2 Å². The first kappa shape index (κ1) is 19.2. The zero-order valence-electron chi connectivity index (χ0n) is 16.8. The predicted octanol–water partition coefficient (Wildman–Crippen LogP) is 5.10. The van der Waals surface area contributed by atoms with Crippen molar-refractivity contribution in [3.05, 3.63) is 96.1 Å². The molecule has 0 aliphatic rings. The van der Waals surface area contributed by atoms with Gasteiger partial charge in [0, 0.05) is 31.0 Å². The highest BCUT2D eigenvalue weighted by Crippen LogP contribution is 2.28. The molecule has 4 heteroatoms. The van der Waals surface area contributed by atoms with Gasteiger partial charge in [-0.25, -0.2) is 4.98 Å². The lowest BCUT2D eigenvalue weighted by atomic mass is 10.0. The minimum atomic E-state index is 0.576. The first-order valence-electron chi connectivity index (χ1n) is 10.1. The number of rotatable bonds is 9. The van der Waals surface area contributed by atoms with Crippen LogP contribution in [0.25, 0.3) is 10.8 Å². The Kier molecular flexibility index (Phi) is 6.22. The Labute approximate surface area is 172 Å². The van der Waals surface area contributed by atoms with E-state index in [9.17, 15) is 0 Å². The van der Waals surface area contributed by atoms with Crippen LogP contribution in [-0.2, 0) is 19.7 Å². The molecule has 0 aliphatic carbocycles. The Hall–Kier alpha value is -3.11. The molecule has 0 saturated heterocycles. The number of hydrogen-bond acceptors (Lipinski definition) is 3. The largest absolute Gasteiger partial charge is 0.489 e. The Bertz CT molecular complexity index is 1040. The van der Waals surface area contributed by atoms with Crippen LogP contribution in [-0.4, -0.2) is 16.1 Å². The smallest absolute Gasteiger partial charge is 0.124 e. The number of aromatic nitrogens is 2. The highest BCUT2D eigenvalue weighted by Gasteiger charge is 2.09. The highest BCUT2D eigenvalue weighted by molar-refractivity contribution is 5.87. The number of imidazole rings is 1. The Morgan fingerprint density at radius 2 is 1.86 bits per heavy atom. The van der Waals surface area contributed by atoms with Gasteiger partial charge < -0.3 is 14.6 Å². The molecule has 0 atom stereocenters. The van der Waals surface area contributed by atoms with Crippen LogP contribution in [0.15, 0.2) is 79.4 Å². The number of benzene rings is 3. The highest BCUT2D eigenvalue weighted by atomic mass is 16.5. The molecule has 1 N–H and O–H groups in total. The SMILES string of the molecule is Cc1ccc(COc2ccc3ccccc3c2CNCCCn2ccnc2)cc1. The molecule has 0 amide bonds. The van der Waals surface area contributed by atoms with Crippen LogP contribution in [0.2, 0.25) is 0 Å². The number of nitrogens with zero attached hydrogens (tertiary/aromatic N) is 2. The average Bonchev–Trinajstić information content (AvgIpc) is 3.27. The molecule has 3 aromatic carbocycles. The zero-order valence-corrected chi connectivity index (χ0v) is 16.8. The Balaban J connectivity index is 1.44. The molecule has 0 saturated carbocycles. The maximum atomic E-state index is 6.23. The van der Waals surface area contributed by atoms with Crippen molar-refractivity contribution in [1.82, 2.24) is 14.9 Å². The molecule has 1 aromatic heterocycles. The summed E-state index contributed by atoms with van der Waals surface area (Å²) in [6.45, 7) is 5.38. The fourth-order valence-corrected chi connectivity index (χ4v) is 3.50. The van der Waals surface area contributed by atoms with Crippen molar-refractivity contribution in [2.75, 3.05) is 6.54 Å². The summed E-state index contributed by atoms with van der Waals surface area (Å²) in [7, 11) is 0. The molecule has 4 aromatic rings. The van der Waals surface area contributed by atoms with Gasteiger partial charge in [0.1, 0.15) is 12.4 Å². The average molecular weight is 386 g/mol. The van der Waals surface area contributed by atoms with Gasteiger partial charge in [0.25, 0.3) is 0 Å². The Morgan fingerprint density at radius 3 is 2.69 bits per heavy atom. The molecular weight excluding hydrogens is 358 g/mol. The van der Waals surface area contributed by atoms with E-state index in [1.54, 1.807) is 0 Å². The molecule has 0 aliphatic heterocycles. The van der Waals surface area contributed by atoms with Crippen molar-refractivity contribution in [3.8, 4) is 5.75 Å². The van der Waals surface area contributed by atoms with Crippen molar-refractivity contribution in [1.29, 1.82) is 0 Å². The molecule has 4 rings (SSSR count). The molecule has 4 nitrogen and oxygen atoms in total. The van der Waals surface area contributed by atoms with E-state index in [1.165, 1.54) is 27.5 Å². The van der Waals surface area contributed by atoms with E-state index in [0.717, 1.165) is 31.8 Å². The van der Waals surface area contributed by atoms with Crippen LogP contribution in [0.1, 0.15) is 23.1 Å². The van der Waals surface area contributed by atoms with Crippen molar-refractivity contribution < 1.29 is 4.74 Å². The summed E-state index contributed by atoms with van der Waals surface area (Å²) in [5, 5.41) is 6.08. The third-order valence-electron chi connectivity index (χ3n) is 5.14. The van der Waals surface area contributed by atoms with Gasteiger partial charge in [0.2, 0.25) is 0 Å². The van der Waals surface area contributed by atoms with E-state index in [1.807, 2.05) is 18.7 Å². The quantitative estimate of drug-likeness (QED) is 0.407. The van der Waals surface area contributed by atoms with Crippen LogP contribution in [0.5, 0.6) is 5.75 Å². The maximum Gasteiger partial charge on any atom is 0.124 e. The van der Waals surface area contributed by atoms with Gasteiger partial charge in [-0.2, -0.15) is 0 Å². The fourth-order valence-electron chi connectivity index (χ4n) is 3.50. The van der Waals surface area contributed by atoms with Gasteiger partial charge in [-0.15, -0.1) is 0 Å². The predicted molar refractivity (Wildman–Crippen MR) is 118 cm³/mol. The summed E-state index contributed by atoms with van der Waals surface area (Å²) in [5.41, 5.74) is 3.67. The molecule has 0 unspecified atom stereocenters. The van der Waals surface area contributed by atoms with E-state index in [2.05, 4.69) is 82.5 Å². The first-order valence-corrected chi connectivity index (χ1v) is 10.1. The van der Waals surface area contributed by atoms with Crippen LogP contribution in [0.4, 0.5) is 0 Å². The normalized spacial score (nSPS) is 11.1. The van der Waals surface area contributed by atoms with E-state index < -0.39 is 0 Å². The lowest BCUT2D eigenvalue weighted by Crippen LogP contribution is -2.17. The monoisotopic (exact) mass is 385 g/mol. The number of aryl methyl sites for hydroxylation is 2. The minimum Gasteiger partial charge on any atom is -0.489 e. The van der Waals surface area contributed by atoms with Gasteiger partial charge in [-0.05, 0) is 42.3 Å². The Morgan fingerprint density at radius 1 is 1.00 bits per heavy atom. The summed E-state index contributed by atoms with van der Waals surface area (Å²) in [4.78, 5) is 4.09. The second-order valence-electron chi connectivity index (χ2n) is 7.37. The molecule has 0 fully saturated rings. The zero-order chi connectivity index (χ0) is 19.9. The standard InChI is InChI=1S/C25H27N3O/c1-20-7-9-21(10-8-20)18-29-25-12-11-22-5-2-3-6-23(22)24(25)17-26-13-4-15-28-16-14-27-19-28/h2-3,5-12,14,16,19,26H,4,13,15,17-18H2,1H3. The van der Waals surface area contributed by atoms with E-state index >= 15 is 0 Å². The molecule has 0 bridgehead atoms. The van der Waals surface area contributed by atoms with Gasteiger partial charge in [-0.3, -0.25) is 0 Å². The summed E-state index contributed by atoms with van der Waals surface area (Å²) in [5.74, 6) is 0.950. The molecule has 0 radical (unpaired) electrons. The lowest BCUT2D eigenvalue weighted by molar-refractivity contribution is 0.302. The molecule has 29 heavy (non-hydrogen) atoms. The number of hydrogen-bond donors (Lipinski definition) is 1. The lowest BCUT2D eigenvalue weighted by Gasteiger charge is -2.15. The van der Waals surface area contributed by atoms with Crippen molar-refractivity contribution in [2.24, 2.45) is 0 Å². The van der Waals surface area contributed by atoms with Crippen molar-refractivity contribution >= 4 is 10.8 Å².